The lowest BCUT2D eigenvalue weighted by atomic mass is 10.2. The van der Waals surface area contributed by atoms with Crippen LogP contribution >= 0.6 is 11.6 Å². The van der Waals surface area contributed by atoms with E-state index >= 15 is 0 Å². The van der Waals surface area contributed by atoms with E-state index < -0.39 is 11.8 Å². The van der Waals surface area contributed by atoms with Crippen LogP contribution in [0.1, 0.15) is 12.5 Å². The third-order valence-corrected chi connectivity index (χ3v) is 1.89. The van der Waals surface area contributed by atoms with Gasteiger partial charge in [0, 0.05) is 12.5 Å². The van der Waals surface area contributed by atoms with Crippen LogP contribution in [0.5, 0.6) is 0 Å². The number of benzene rings is 1. The molecule has 0 fully saturated rings. The van der Waals surface area contributed by atoms with Crippen LogP contribution in [0.25, 0.3) is 0 Å². The Morgan fingerprint density at radius 1 is 1.62 bits per heavy atom. The molecule has 13 heavy (non-hydrogen) atoms. The molecule has 0 bridgehead atoms. The minimum absolute atomic E-state index is 0.00347. The van der Waals surface area contributed by atoms with E-state index in [2.05, 4.69) is 4.74 Å². The van der Waals surface area contributed by atoms with Gasteiger partial charge < -0.3 is 4.74 Å². The largest absolute Gasteiger partial charge is 0.461 e. The summed E-state index contributed by atoms with van der Waals surface area (Å²) in [5, 5.41) is 0.00347. The van der Waals surface area contributed by atoms with E-state index in [4.69, 9.17) is 11.6 Å². The monoisotopic (exact) mass is 202 g/mol. The van der Waals surface area contributed by atoms with E-state index in [0.717, 1.165) is 0 Å². The average molecular weight is 203 g/mol. The molecule has 0 atom stereocenters. The fourth-order valence-electron chi connectivity index (χ4n) is 0.839. The molecule has 4 heteroatoms. The molecule has 0 heterocycles. The van der Waals surface area contributed by atoms with Crippen LogP contribution in [-0.4, -0.2) is 5.97 Å². The Labute approximate surface area is 80.3 Å². The summed E-state index contributed by atoms with van der Waals surface area (Å²) in [6.07, 6.45) is 0. The van der Waals surface area contributed by atoms with Crippen LogP contribution in [0.15, 0.2) is 18.2 Å². The van der Waals surface area contributed by atoms with Gasteiger partial charge in [0.2, 0.25) is 0 Å². The first-order valence-electron chi connectivity index (χ1n) is 3.67. The molecule has 0 amide bonds. The zero-order valence-electron chi connectivity index (χ0n) is 7.01. The average Bonchev–Trinajstić information content (AvgIpc) is 2.07. The van der Waals surface area contributed by atoms with Crippen molar-refractivity contribution in [3.05, 3.63) is 34.6 Å². The Bertz CT molecular complexity index is 325. The predicted octanol–water partition coefficient (Wildman–Crippen LogP) is 2.54. The van der Waals surface area contributed by atoms with Crippen molar-refractivity contribution in [1.82, 2.24) is 0 Å². The molecule has 0 aliphatic rings. The number of hydrogen-bond donors (Lipinski definition) is 0. The molecule has 1 aromatic rings. The highest BCUT2D eigenvalue weighted by Gasteiger charge is 2.06. The highest BCUT2D eigenvalue weighted by molar-refractivity contribution is 6.31. The van der Waals surface area contributed by atoms with Gasteiger partial charge in [0.25, 0.3) is 0 Å². The molecule has 70 valence electrons. The summed E-state index contributed by atoms with van der Waals surface area (Å²) < 4.78 is 17.5. The molecule has 0 saturated carbocycles. The van der Waals surface area contributed by atoms with Gasteiger partial charge in [0.05, 0.1) is 5.02 Å². The van der Waals surface area contributed by atoms with Gasteiger partial charge in [0.1, 0.15) is 12.4 Å². The summed E-state index contributed by atoms with van der Waals surface area (Å²) in [7, 11) is 0. The predicted molar refractivity (Wildman–Crippen MR) is 46.9 cm³/mol. The van der Waals surface area contributed by atoms with Crippen molar-refractivity contribution in [3.8, 4) is 0 Å². The summed E-state index contributed by atoms with van der Waals surface area (Å²) in [6.45, 7) is 1.29. The molecule has 0 N–H and O–H groups in total. The van der Waals surface area contributed by atoms with Gasteiger partial charge in [0.15, 0.2) is 0 Å². The molecule has 0 aliphatic carbocycles. The van der Waals surface area contributed by atoms with Gasteiger partial charge >= 0.3 is 5.97 Å². The van der Waals surface area contributed by atoms with E-state index in [1.807, 2.05) is 0 Å². The van der Waals surface area contributed by atoms with Crippen LogP contribution in [0.2, 0.25) is 5.02 Å². The minimum Gasteiger partial charge on any atom is -0.461 e. The second-order valence-corrected chi connectivity index (χ2v) is 2.87. The van der Waals surface area contributed by atoms with Gasteiger partial charge in [-0.25, -0.2) is 4.39 Å². The van der Waals surface area contributed by atoms with Crippen molar-refractivity contribution in [2.75, 3.05) is 0 Å². The molecule has 0 saturated heterocycles. The van der Waals surface area contributed by atoms with Crippen molar-refractivity contribution >= 4 is 17.6 Å². The standard InChI is InChI=1S/C9H8ClFO2/c1-6(12)13-5-7-3-2-4-8(11)9(7)10/h2-4H,5H2,1H3. The Kier molecular flexibility index (Phi) is 3.25. The zero-order valence-corrected chi connectivity index (χ0v) is 7.77. The number of ether oxygens (including phenoxy) is 1. The lowest BCUT2D eigenvalue weighted by molar-refractivity contribution is -0.142. The fourth-order valence-corrected chi connectivity index (χ4v) is 1.02. The Hall–Kier alpha value is -1.09. The third-order valence-electron chi connectivity index (χ3n) is 1.46. The van der Waals surface area contributed by atoms with Crippen LogP contribution in [-0.2, 0) is 16.1 Å². The first-order valence-corrected chi connectivity index (χ1v) is 4.05. The van der Waals surface area contributed by atoms with E-state index in [9.17, 15) is 9.18 Å². The van der Waals surface area contributed by atoms with Crippen molar-refractivity contribution < 1.29 is 13.9 Å². The van der Waals surface area contributed by atoms with Crippen LogP contribution in [0.3, 0.4) is 0 Å². The highest BCUT2D eigenvalue weighted by Crippen LogP contribution is 2.20. The highest BCUT2D eigenvalue weighted by atomic mass is 35.5. The smallest absolute Gasteiger partial charge is 0.302 e. The van der Waals surface area contributed by atoms with Crippen molar-refractivity contribution in [3.63, 3.8) is 0 Å². The summed E-state index contributed by atoms with van der Waals surface area (Å²) in [5.74, 6) is -0.924. The molecule has 0 aliphatic heterocycles. The molecule has 0 unspecified atom stereocenters. The maximum atomic E-state index is 12.8. The van der Waals surface area contributed by atoms with Gasteiger partial charge in [-0.05, 0) is 6.07 Å². The Morgan fingerprint density at radius 3 is 2.92 bits per heavy atom. The van der Waals surface area contributed by atoms with E-state index in [1.54, 1.807) is 6.07 Å². The van der Waals surface area contributed by atoms with E-state index in [0.29, 0.717) is 5.56 Å². The number of hydrogen-bond acceptors (Lipinski definition) is 2. The summed E-state index contributed by atoms with van der Waals surface area (Å²) >= 11 is 5.61. The number of carbonyl (C=O) groups excluding carboxylic acids is 1. The van der Waals surface area contributed by atoms with E-state index in [1.165, 1.54) is 19.1 Å². The lowest BCUT2D eigenvalue weighted by Crippen LogP contribution is -1.99. The van der Waals surface area contributed by atoms with Crippen LogP contribution in [0.4, 0.5) is 4.39 Å². The molecular weight excluding hydrogens is 195 g/mol. The molecule has 0 radical (unpaired) electrons. The SMILES string of the molecule is CC(=O)OCc1cccc(F)c1Cl. The first-order chi connectivity index (χ1) is 6.11. The van der Waals surface area contributed by atoms with Gasteiger partial charge in [-0.15, -0.1) is 0 Å². The Balaban J connectivity index is 2.77. The van der Waals surface area contributed by atoms with E-state index in [-0.39, 0.29) is 11.6 Å². The summed E-state index contributed by atoms with van der Waals surface area (Å²) in [5.41, 5.74) is 0.469. The second kappa shape index (κ2) is 4.23. The fraction of sp³-hybridized carbons (Fsp3) is 0.222. The molecule has 1 aromatic carbocycles. The minimum atomic E-state index is -0.508. The maximum Gasteiger partial charge on any atom is 0.302 e. The second-order valence-electron chi connectivity index (χ2n) is 2.49. The molecular formula is C9H8ClFO2. The maximum absolute atomic E-state index is 12.8. The van der Waals surface area contributed by atoms with Crippen LogP contribution in [0, 0.1) is 5.82 Å². The van der Waals surface area contributed by atoms with Gasteiger partial charge in [-0.1, -0.05) is 23.7 Å². The summed E-state index contributed by atoms with van der Waals surface area (Å²) in [6, 6.07) is 4.37. The van der Waals surface area contributed by atoms with Crippen molar-refractivity contribution in [2.24, 2.45) is 0 Å². The third kappa shape index (κ3) is 2.70. The van der Waals surface area contributed by atoms with Gasteiger partial charge in [-0.3, -0.25) is 4.79 Å². The molecule has 1 rings (SSSR count). The number of halogens is 2. The van der Waals surface area contributed by atoms with Crippen LogP contribution < -0.4 is 0 Å². The lowest BCUT2D eigenvalue weighted by Gasteiger charge is -2.04. The zero-order chi connectivity index (χ0) is 9.84. The quantitative estimate of drug-likeness (QED) is 0.689. The Morgan fingerprint density at radius 2 is 2.31 bits per heavy atom. The van der Waals surface area contributed by atoms with Gasteiger partial charge in [-0.2, -0.15) is 0 Å². The summed E-state index contributed by atoms with van der Waals surface area (Å²) in [4.78, 5) is 10.5. The topological polar surface area (TPSA) is 26.3 Å². The van der Waals surface area contributed by atoms with Crippen molar-refractivity contribution in [1.29, 1.82) is 0 Å². The first kappa shape index (κ1) is 9.99. The molecule has 0 spiro atoms. The normalized spacial score (nSPS) is 9.77. The molecule has 2 nitrogen and oxygen atoms in total. The number of rotatable bonds is 2. The number of carbonyl (C=O) groups is 1. The molecule has 0 aromatic heterocycles. The van der Waals surface area contributed by atoms with Crippen molar-refractivity contribution in [2.45, 2.75) is 13.5 Å². The number of esters is 1.